The number of esters is 3. The standard InChI is InChI=1S/C52H92O6/c1-4-7-10-13-16-19-21-23-24-25-26-27-29-30-33-36-39-42-45-51(54)57-48-49(47-56-50(53)44-41-38-35-32-18-15-12-9-6-3)58-52(55)46-43-40-37-34-31-28-22-20-17-14-11-8-5-2/h8,11,17,20,24-25,28,31,49H,4-7,9-10,12-16,18-19,21-23,26-27,29-30,32-48H2,1-3H3/b11-8-,20-17-,25-24-,31-28-. The van der Waals surface area contributed by atoms with Crippen molar-refractivity contribution in [3.05, 3.63) is 48.6 Å². The number of unbranched alkanes of at least 4 members (excludes halogenated alkanes) is 25. The van der Waals surface area contributed by atoms with Gasteiger partial charge in [-0.05, 0) is 77.0 Å². The molecular weight excluding hydrogens is 721 g/mol. The number of hydrogen-bond donors (Lipinski definition) is 0. The van der Waals surface area contributed by atoms with Gasteiger partial charge in [-0.15, -0.1) is 0 Å². The monoisotopic (exact) mass is 813 g/mol. The van der Waals surface area contributed by atoms with Gasteiger partial charge < -0.3 is 14.2 Å². The van der Waals surface area contributed by atoms with Gasteiger partial charge in [-0.2, -0.15) is 0 Å². The van der Waals surface area contributed by atoms with Crippen molar-refractivity contribution < 1.29 is 28.6 Å². The van der Waals surface area contributed by atoms with Gasteiger partial charge in [-0.25, -0.2) is 0 Å². The van der Waals surface area contributed by atoms with E-state index in [0.717, 1.165) is 83.5 Å². The van der Waals surface area contributed by atoms with Crippen molar-refractivity contribution in [3.8, 4) is 0 Å². The van der Waals surface area contributed by atoms with E-state index in [1.165, 1.54) is 122 Å². The van der Waals surface area contributed by atoms with E-state index in [2.05, 4.69) is 69.4 Å². The van der Waals surface area contributed by atoms with Gasteiger partial charge >= 0.3 is 17.9 Å². The van der Waals surface area contributed by atoms with Crippen LogP contribution in [0.3, 0.4) is 0 Å². The summed E-state index contributed by atoms with van der Waals surface area (Å²) in [4.78, 5) is 37.8. The fourth-order valence-electron chi connectivity index (χ4n) is 6.86. The molecule has 0 rings (SSSR count). The Labute approximate surface area is 358 Å². The van der Waals surface area contributed by atoms with E-state index in [9.17, 15) is 14.4 Å². The summed E-state index contributed by atoms with van der Waals surface area (Å²) in [6, 6.07) is 0. The van der Waals surface area contributed by atoms with Crippen LogP contribution in [0.5, 0.6) is 0 Å². The Hall–Kier alpha value is -2.63. The number of carbonyl (C=O) groups is 3. The highest BCUT2D eigenvalue weighted by Gasteiger charge is 2.19. The Kier molecular flexibility index (Phi) is 44.9. The largest absolute Gasteiger partial charge is 0.462 e. The maximum Gasteiger partial charge on any atom is 0.306 e. The average molecular weight is 813 g/mol. The molecule has 0 bridgehead atoms. The first kappa shape index (κ1) is 55.4. The summed E-state index contributed by atoms with van der Waals surface area (Å²) in [7, 11) is 0. The number of allylic oxidation sites excluding steroid dienone is 8. The van der Waals surface area contributed by atoms with E-state index in [-0.39, 0.29) is 31.1 Å². The van der Waals surface area contributed by atoms with Gasteiger partial charge in [0.05, 0.1) is 0 Å². The van der Waals surface area contributed by atoms with Gasteiger partial charge in [-0.3, -0.25) is 14.4 Å². The lowest BCUT2D eigenvalue weighted by Gasteiger charge is -2.18. The van der Waals surface area contributed by atoms with Crippen LogP contribution in [-0.2, 0) is 28.6 Å². The highest BCUT2D eigenvalue weighted by molar-refractivity contribution is 5.71. The second kappa shape index (κ2) is 47.1. The molecule has 0 aliphatic carbocycles. The lowest BCUT2D eigenvalue weighted by Crippen LogP contribution is -2.30. The molecule has 0 spiro atoms. The van der Waals surface area contributed by atoms with Crippen LogP contribution in [0.25, 0.3) is 0 Å². The molecule has 0 aliphatic rings. The first-order valence-corrected chi connectivity index (χ1v) is 24.6. The molecule has 0 aromatic heterocycles. The summed E-state index contributed by atoms with van der Waals surface area (Å²) in [6.45, 7) is 6.48. The summed E-state index contributed by atoms with van der Waals surface area (Å²) in [6.07, 6.45) is 55.3. The molecule has 6 heteroatoms. The summed E-state index contributed by atoms with van der Waals surface area (Å²) in [5.41, 5.74) is 0. The van der Waals surface area contributed by atoms with Crippen LogP contribution in [0, 0.1) is 0 Å². The Bertz CT molecular complexity index is 1030. The molecule has 0 aliphatic heterocycles. The lowest BCUT2D eigenvalue weighted by molar-refractivity contribution is -0.167. The molecule has 6 nitrogen and oxygen atoms in total. The third-order valence-electron chi connectivity index (χ3n) is 10.6. The zero-order chi connectivity index (χ0) is 42.3. The van der Waals surface area contributed by atoms with Crippen molar-refractivity contribution in [2.45, 2.75) is 252 Å². The van der Waals surface area contributed by atoms with Gasteiger partial charge in [0.15, 0.2) is 6.10 Å². The second-order valence-corrected chi connectivity index (χ2v) is 16.3. The van der Waals surface area contributed by atoms with Crippen LogP contribution in [0.4, 0.5) is 0 Å². The Morgan fingerprint density at radius 1 is 0.362 bits per heavy atom. The van der Waals surface area contributed by atoms with Gasteiger partial charge in [0.2, 0.25) is 0 Å². The lowest BCUT2D eigenvalue weighted by atomic mass is 10.1. The number of ether oxygens (including phenoxy) is 3. The first-order chi connectivity index (χ1) is 28.5. The van der Waals surface area contributed by atoms with Crippen molar-refractivity contribution in [1.82, 2.24) is 0 Å². The third kappa shape index (κ3) is 44.5. The molecule has 336 valence electrons. The summed E-state index contributed by atoms with van der Waals surface area (Å²) < 4.78 is 16.7. The highest BCUT2D eigenvalue weighted by atomic mass is 16.6. The zero-order valence-corrected chi connectivity index (χ0v) is 38.3. The van der Waals surface area contributed by atoms with E-state index in [1.807, 2.05) is 0 Å². The quantitative estimate of drug-likeness (QED) is 0.0264. The number of carbonyl (C=O) groups excluding carboxylic acids is 3. The predicted octanol–water partition coefficient (Wildman–Crippen LogP) is 15.9. The fraction of sp³-hybridized carbons (Fsp3) is 0.788. The number of hydrogen-bond acceptors (Lipinski definition) is 6. The van der Waals surface area contributed by atoms with Crippen molar-refractivity contribution >= 4 is 17.9 Å². The highest BCUT2D eigenvalue weighted by Crippen LogP contribution is 2.14. The van der Waals surface area contributed by atoms with Crippen molar-refractivity contribution in [3.63, 3.8) is 0 Å². The summed E-state index contributed by atoms with van der Waals surface area (Å²) >= 11 is 0. The number of rotatable bonds is 44. The fourth-order valence-corrected chi connectivity index (χ4v) is 6.86. The molecule has 0 saturated carbocycles. The van der Waals surface area contributed by atoms with Crippen LogP contribution in [-0.4, -0.2) is 37.2 Å². The second-order valence-electron chi connectivity index (χ2n) is 16.3. The molecule has 0 heterocycles. The van der Waals surface area contributed by atoms with E-state index < -0.39 is 6.10 Å². The minimum Gasteiger partial charge on any atom is -0.462 e. The smallest absolute Gasteiger partial charge is 0.306 e. The van der Waals surface area contributed by atoms with E-state index in [0.29, 0.717) is 19.3 Å². The topological polar surface area (TPSA) is 78.9 Å². The normalized spacial score (nSPS) is 12.4. The predicted molar refractivity (Wildman–Crippen MR) is 247 cm³/mol. The molecule has 1 unspecified atom stereocenters. The van der Waals surface area contributed by atoms with Crippen LogP contribution < -0.4 is 0 Å². The van der Waals surface area contributed by atoms with Crippen LogP contribution in [0.1, 0.15) is 245 Å². The summed E-state index contributed by atoms with van der Waals surface area (Å²) in [5, 5.41) is 0. The third-order valence-corrected chi connectivity index (χ3v) is 10.6. The Morgan fingerprint density at radius 3 is 1.09 bits per heavy atom. The molecule has 0 amide bonds. The Morgan fingerprint density at radius 2 is 0.672 bits per heavy atom. The first-order valence-electron chi connectivity index (χ1n) is 24.6. The molecule has 0 fully saturated rings. The van der Waals surface area contributed by atoms with E-state index in [4.69, 9.17) is 14.2 Å². The van der Waals surface area contributed by atoms with Crippen LogP contribution in [0.15, 0.2) is 48.6 Å². The van der Waals surface area contributed by atoms with Gasteiger partial charge in [0.1, 0.15) is 13.2 Å². The van der Waals surface area contributed by atoms with Gasteiger partial charge in [0, 0.05) is 19.3 Å². The molecule has 0 saturated heterocycles. The molecule has 0 aromatic carbocycles. The molecule has 58 heavy (non-hydrogen) atoms. The van der Waals surface area contributed by atoms with Crippen molar-refractivity contribution in [2.75, 3.05) is 13.2 Å². The molecule has 0 aromatic rings. The van der Waals surface area contributed by atoms with Crippen LogP contribution >= 0.6 is 0 Å². The summed E-state index contributed by atoms with van der Waals surface area (Å²) in [5.74, 6) is -0.918. The average Bonchev–Trinajstić information content (AvgIpc) is 3.22. The van der Waals surface area contributed by atoms with Gasteiger partial charge in [0.25, 0.3) is 0 Å². The van der Waals surface area contributed by atoms with Crippen LogP contribution in [0.2, 0.25) is 0 Å². The molecule has 0 N–H and O–H groups in total. The maximum absolute atomic E-state index is 12.7. The van der Waals surface area contributed by atoms with Crippen molar-refractivity contribution in [2.24, 2.45) is 0 Å². The van der Waals surface area contributed by atoms with Crippen molar-refractivity contribution in [1.29, 1.82) is 0 Å². The molecule has 0 radical (unpaired) electrons. The zero-order valence-electron chi connectivity index (χ0n) is 38.3. The maximum atomic E-state index is 12.7. The van der Waals surface area contributed by atoms with E-state index in [1.54, 1.807) is 0 Å². The SMILES string of the molecule is CC/C=C\C/C=C\C/C=C\CCCCCC(=O)OC(COC(=O)CCCCCCCCC/C=C\CCCCCCCCC)COC(=O)CCCCCCCCCCC. The minimum atomic E-state index is -0.785. The molecular formula is C52H92O6. The molecule has 1 atom stereocenters. The Balaban J connectivity index is 4.34. The van der Waals surface area contributed by atoms with E-state index >= 15 is 0 Å². The minimum absolute atomic E-state index is 0.0849. The van der Waals surface area contributed by atoms with Gasteiger partial charge in [-0.1, -0.05) is 198 Å².